The predicted molar refractivity (Wildman–Crippen MR) is 83.3 cm³/mol. The maximum atomic E-state index is 5.81. The Bertz CT molecular complexity index is 654. The van der Waals surface area contributed by atoms with E-state index in [2.05, 4.69) is 6.92 Å². The Kier molecular flexibility index (Phi) is 3.88. The van der Waals surface area contributed by atoms with E-state index in [-0.39, 0.29) is 0 Å². The molecule has 1 aromatic heterocycles. The first-order valence-electron chi connectivity index (χ1n) is 7.42. The number of rotatable bonds is 3. The molecule has 1 unspecified atom stereocenters. The summed E-state index contributed by atoms with van der Waals surface area (Å²) in [5.74, 6) is 2.19. The Balaban J connectivity index is 2.00. The summed E-state index contributed by atoms with van der Waals surface area (Å²) in [6.45, 7) is 2.82. The standard InChI is InChI=1S/C17H21N3O/c1-11-15-8-12(10-18)6-7-16(15)20-17(19-11)13-4-3-5-14(9-13)21-2/h3-5,9,12H,6-8,10,18H2,1-2H3. The zero-order valence-electron chi connectivity index (χ0n) is 12.6. The van der Waals surface area contributed by atoms with Gasteiger partial charge in [-0.3, -0.25) is 0 Å². The van der Waals surface area contributed by atoms with Crippen LogP contribution in [0.2, 0.25) is 0 Å². The molecular formula is C17H21N3O. The summed E-state index contributed by atoms with van der Waals surface area (Å²) in [7, 11) is 1.67. The highest BCUT2D eigenvalue weighted by Crippen LogP contribution is 2.28. The largest absolute Gasteiger partial charge is 0.497 e. The lowest BCUT2D eigenvalue weighted by molar-refractivity contribution is 0.415. The van der Waals surface area contributed by atoms with E-state index in [1.807, 2.05) is 24.3 Å². The van der Waals surface area contributed by atoms with Gasteiger partial charge in [0, 0.05) is 17.0 Å². The molecule has 1 aliphatic carbocycles. The molecule has 0 aliphatic heterocycles. The maximum Gasteiger partial charge on any atom is 0.159 e. The van der Waals surface area contributed by atoms with E-state index in [0.29, 0.717) is 5.92 Å². The molecule has 110 valence electrons. The molecule has 0 bridgehead atoms. The van der Waals surface area contributed by atoms with Crippen LogP contribution in [-0.4, -0.2) is 23.6 Å². The van der Waals surface area contributed by atoms with Gasteiger partial charge in [-0.25, -0.2) is 9.97 Å². The first kappa shape index (κ1) is 14.0. The summed E-state index contributed by atoms with van der Waals surface area (Å²) < 4.78 is 5.28. The van der Waals surface area contributed by atoms with Crippen molar-refractivity contribution >= 4 is 0 Å². The summed E-state index contributed by atoms with van der Waals surface area (Å²) in [6.07, 6.45) is 3.13. The van der Waals surface area contributed by atoms with E-state index in [1.165, 1.54) is 11.3 Å². The summed E-state index contributed by atoms with van der Waals surface area (Å²) >= 11 is 0. The van der Waals surface area contributed by atoms with Gasteiger partial charge in [0.2, 0.25) is 0 Å². The normalized spacial score (nSPS) is 17.4. The van der Waals surface area contributed by atoms with Crippen molar-refractivity contribution in [3.05, 3.63) is 41.2 Å². The van der Waals surface area contributed by atoms with Gasteiger partial charge in [0.05, 0.1) is 7.11 Å². The molecule has 0 saturated heterocycles. The molecule has 3 rings (SSSR count). The molecule has 1 atom stereocenters. The predicted octanol–water partition coefficient (Wildman–Crippen LogP) is 2.52. The molecule has 1 aromatic carbocycles. The van der Waals surface area contributed by atoms with Gasteiger partial charge in [0.15, 0.2) is 5.82 Å². The van der Waals surface area contributed by atoms with E-state index >= 15 is 0 Å². The average Bonchev–Trinajstić information content (AvgIpc) is 2.54. The zero-order valence-corrected chi connectivity index (χ0v) is 12.6. The number of aromatic nitrogens is 2. The van der Waals surface area contributed by atoms with Crippen molar-refractivity contribution in [1.82, 2.24) is 9.97 Å². The van der Waals surface area contributed by atoms with Crippen LogP contribution in [0.5, 0.6) is 5.75 Å². The number of benzene rings is 1. The highest BCUT2D eigenvalue weighted by molar-refractivity contribution is 5.58. The molecular weight excluding hydrogens is 262 g/mol. The van der Waals surface area contributed by atoms with Crippen molar-refractivity contribution in [2.75, 3.05) is 13.7 Å². The number of ether oxygens (including phenoxy) is 1. The third-order valence-electron chi connectivity index (χ3n) is 4.24. The van der Waals surface area contributed by atoms with Crippen LogP contribution in [0.4, 0.5) is 0 Å². The molecule has 0 radical (unpaired) electrons. The molecule has 0 amide bonds. The van der Waals surface area contributed by atoms with Crippen LogP contribution >= 0.6 is 0 Å². The maximum absolute atomic E-state index is 5.81. The Labute approximate surface area is 125 Å². The molecule has 0 saturated carbocycles. The molecule has 1 aliphatic rings. The Hall–Kier alpha value is -1.94. The number of methoxy groups -OCH3 is 1. The van der Waals surface area contributed by atoms with Crippen molar-refractivity contribution < 1.29 is 4.74 Å². The van der Waals surface area contributed by atoms with Gasteiger partial charge in [0.1, 0.15) is 5.75 Å². The van der Waals surface area contributed by atoms with Crippen LogP contribution in [0, 0.1) is 12.8 Å². The SMILES string of the molecule is COc1cccc(-c2nc(C)c3c(n2)CCC(CN)C3)c1. The van der Waals surface area contributed by atoms with Gasteiger partial charge in [-0.15, -0.1) is 0 Å². The third-order valence-corrected chi connectivity index (χ3v) is 4.24. The molecule has 2 N–H and O–H groups in total. The van der Waals surface area contributed by atoms with Gasteiger partial charge in [-0.2, -0.15) is 0 Å². The number of fused-ring (bicyclic) bond motifs is 1. The minimum Gasteiger partial charge on any atom is -0.497 e. The first-order valence-corrected chi connectivity index (χ1v) is 7.42. The summed E-state index contributed by atoms with van der Waals surface area (Å²) in [5.41, 5.74) is 10.4. The third kappa shape index (κ3) is 2.76. The second kappa shape index (κ2) is 5.82. The zero-order chi connectivity index (χ0) is 14.8. The minimum atomic E-state index is 0.572. The molecule has 2 aromatic rings. The average molecular weight is 283 g/mol. The first-order chi connectivity index (χ1) is 10.2. The second-order valence-corrected chi connectivity index (χ2v) is 5.63. The number of hydrogen-bond acceptors (Lipinski definition) is 4. The van der Waals surface area contributed by atoms with E-state index in [4.69, 9.17) is 20.4 Å². The second-order valence-electron chi connectivity index (χ2n) is 5.63. The van der Waals surface area contributed by atoms with E-state index in [0.717, 1.165) is 48.6 Å². The fourth-order valence-electron chi connectivity index (χ4n) is 2.95. The Morgan fingerprint density at radius 1 is 1.33 bits per heavy atom. The lowest BCUT2D eigenvalue weighted by Crippen LogP contribution is -2.24. The fourth-order valence-corrected chi connectivity index (χ4v) is 2.95. The summed E-state index contributed by atoms with van der Waals surface area (Å²) in [4.78, 5) is 9.47. The number of nitrogens with two attached hydrogens (primary N) is 1. The molecule has 21 heavy (non-hydrogen) atoms. The van der Waals surface area contributed by atoms with Gasteiger partial charge in [0.25, 0.3) is 0 Å². The van der Waals surface area contributed by atoms with E-state index < -0.39 is 0 Å². The topological polar surface area (TPSA) is 61.0 Å². The number of hydrogen-bond donors (Lipinski definition) is 1. The lowest BCUT2D eigenvalue weighted by atomic mass is 9.86. The van der Waals surface area contributed by atoms with Gasteiger partial charge in [-0.05, 0) is 56.3 Å². The minimum absolute atomic E-state index is 0.572. The van der Waals surface area contributed by atoms with Crippen LogP contribution in [-0.2, 0) is 12.8 Å². The van der Waals surface area contributed by atoms with Gasteiger partial charge >= 0.3 is 0 Å². The van der Waals surface area contributed by atoms with Crippen LogP contribution < -0.4 is 10.5 Å². The van der Waals surface area contributed by atoms with Crippen molar-refractivity contribution in [2.45, 2.75) is 26.2 Å². The molecule has 0 spiro atoms. The smallest absolute Gasteiger partial charge is 0.159 e. The lowest BCUT2D eigenvalue weighted by Gasteiger charge is -2.24. The van der Waals surface area contributed by atoms with Crippen molar-refractivity contribution in [3.8, 4) is 17.1 Å². The Morgan fingerprint density at radius 3 is 2.95 bits per heavy atom. The summed E-state index contributed by atoms with van der Waals surface area (Å²) in [5, 5.41) is 0. The Morgan fingerprint density at radius 2 is 2.19 bits per heavy atom. The highest BCUT2D eigenvalue weighted by Gasteiger charge is 2.22. The number of aryl methyl sites for hydroxylation is 2. The van der Waals surface area contributed by atoms with E-state index in [9.17, 15) is 0 Å². The number of nitrogens with zero attached hydrogens (tertiary/aromatic N) is 2. The molecule has 0 fully saturated rings. The van der Waals surface area contributed by atoms with Crippen LogP contribution in [0.3, 0.4) is 0 Å². The monoisotopic (exact) mass is 283 g/mol. The quantitative estimate of drug-likeness (QED) is 0.940. The van der Waals surface area contributed by atoms with Crippen LogP contribution in [0.25, 0.3) is 11.4 Å². The molecule has 1 heterocycles. The van der Waals surface area contributed by atoms with Gasteiger partial charge < -0.3 is 10.5 Å². The molecule has 4 heteroatoms. The fraction of sp³-hybridized carbons (Fsp3) is 0.412. The highest BCUT2D eigenvalue weighted by atomic mass is 16.5. The van der Waals surface area contributed by atoms with Crippen LogP contribution in [0.15, 0.2) is 24.3 Å². The van der Waals surface area contributed by atoms with Gasteiger partial charge in [-0.1, -0.05) is 12.1 Å². The van der Waals surface area contributed by atoms with Crippen LogP contribution in [0.1, 0.15) is 23.4 Å². The van der Waals surface area contributed by atoms with E-state index in [1.54, 1.807) is 7.11 Å². The summed E-state index contributed by atoms with van der Waals surface area (Å²) in [6, 6.07) is 7.90. The molecule has 4 nitrogen and oxygen atoms in total. The van der Waals surface area contributed by atoms with Crippen molar-refractivity contribution in [1.29, 1.82) is 0 Å². The van der Waals surface area contributed by atoms with Crippen molar-refractivity contribution in [3.63, 3.8) is 0 Å². The van der Waals surface area contributed by atoms with Crippen molar-refractivity contribution in [2.24, 2.45) is 11.7 Å².